The number of unbranched alkanes of at least 4 members (excludes halogenated alkanes) is 28. The lowest BCUT2D eigenvalue weighted by Gasteiger charge is -2.30. The fourth-order valence-corrected chi connectivity index (χ4v) is 10.1. The Morgan fingerprint density at radius 2 is 0.581 bits per heavy atom. The molecule has 25 heteroatoms. The molecule has 0 aliphatic rings. The van der Waals surface area contributed by atoms with Crippen LogP contribution in [-0.4, -0.2) is 234 Å². The van der Waals surface area contributed by atoms with Gasteiger partial charge >= 0.3 is 53.7 Å². The average molecular weight is 1330 g/mol. The monoisotopic (exact) mass is 1330 g/mol. The molecule has 0 saturated heterocycles. The lowest BCUT2D eigenvalue weighted by atomic mass is 9.91. The Labute approximate surface area is 555 Å². The van der Waals surface area contributed by atoms with E-state index in [4.69, 9.17) is 42.6 Å². The number of rotatable bonds is 71. The minimum atomic E-state index is -1.73. The van der Waals surface area contributed by atoms with Gasteiger partial charge in [0, 0.05) is 52.6 Å². The minimum Gasteiger partial charge on any atom is -0.480 e. The predicted molar refractivity (Wildman–Crippen MR) is 350 cm³/mol. The predicted octanol–water partition coefficient (Wildman–Crippen LogP) is 9.93. The molecule has 4 N–H and O–H groups in total. The third-order valence-corrected chi connectivity index (χ3v) is 15.5. The van der Waals surface area contributed by atoms with E-state index in [0.29, 0.717) is 52.3 Å². The molecular weight excluding hydrogens is 1210 g/mol. The van der Waals surface area contributed by atoms with Crippen LogP contribution in [0.2, 0.25) is 0 Å². The van der Waals surface area contributed by atoms with Crippen molar-refractivity contribution in [2.75, 3.05) is 145 Å². The van der Waals surface area contributed by atoms with Gasteiger partial charge in [-0.25, -0.2) is 0 Å². The molecule has 0 amide bonds. The van der Waals surface area contributed by atoms with Crippen molar-refractivity contribution in [1.29, 1.82) is 0 Å². The molecule has 93 heavy (non-hydrogen) atoms. The van der Waals surface area contributed by atoms with E-state index >= 15 is 0 Å². The summed E-state index contributed by atoms with van der Waals surface area (Å²) in [6.45, 7) is 3.97. The summed E-state index contributed by atoms with van der Waals surface area (Å²) in [5.41, 5.74) is -1.73. The van der Waals surface area contributed by atoms with Crippen LogP contribution in [0.25, 0.3) is 0 Å². The van der Waals surface area contributed by atoms with Crippen LogP contribution in [0, 0.1) is 5.41 Å². The zero-order valence-electron chi connectivity index (χ0n) is 57.4. The number of carbonyl (C=O) groups is 9. The van der Waals surface area contributed by atoms with Crippen molar-refractivity contribution in [3.8, 4) is 0 Å². The molecule has 0 spiro atoms. The van der Waals surface area contributed by atoms with Gasteiger partial charge in [-0.15, -0.1) is 0 Å². The van der Waals surface area contributed by atoms with Gasteiger partial charge in [0.05, 0.1) is 85.6 Å². The van der Waals surface area contributed by atoms with Crippen LogP contribution >= 0.6 is 0 Å². The Morgan fingerprint density at radius 3 is 0.925 bits per heavy atom. The molecular formula is C68H123N3O22. The highest BCUT2D eigenvalue weighted by atomic mass is 16.6. The standard InChI is InChI=1S/C68H123N3O22/c1-4-6-8-10-12-14-16-18-20-22-24-27-31-35-64(81)92-57-68(56-91-59(3)72,58-93-65(82)36-32-28-25-23-21-19-17-15-13-11-9-7-5-2)67(84)90-42-34-30-26-29-33-41-85-43-44-86-45-46-87-47-48-88-49-50-89-66(83)55-69(37-39-70(51-60(73)74)52-61(75)76)38-40-71(53-62(77)78)54-63(79)80/h4-58H2,1-3H3,(H,73,74)(H,75,76)(H,77,78)(H,79,80). The zero-order valence-corrected chi connectivity index (χ0v) is 57.4. The fourth-order valence-electron chi connectivity index (χ4n) is 10.1. The first-order valence-corrected chi connectivity index (χ1v) is 35.1. The van der Waals surface area contributed by atoms with Crippen LogP contribution in [0.1, 0.15) is 233 Å². The van der Waals surface area contributed by atoms with Crippen LogP contribution < -0.4 is 0 Å². The van der Waals surface area contributed by atoms with Crippen molar-refractivity contribution < 1.29 is 106 Å². The molecule has 0 unspecified atom stereocenters. The van der Waals surface area contributed by atoms with E-state index in [1.54, 1.807) is 0 Å². The first kappa shape index (κ1) is 88.0. The van der Waals surface area contributed by atoms with E-state index in [2.05, 4.69) is 13.8 Å². The second-order valence-corrected chi connectivity index (χ2v) is 24.2. The van der Waals surface area contributed by atoms with Crippen LogP contribution in [0.5, 0.6) is 0 Å². The molecule has 0 atom stereocenters. The van der Waals surface area contributed by atoms with Gasteiger partial charge in [0.2, 0.25) is 0 Å². The molecule has 0 aliphatic carbocycles. The van der Waals surface area contributed by atoms with Gasteiger partial charge in [-0.2, -0.15) is 0 Å². The van der Waals surface area contributed by atoms with E-state index in [1.807, 2.05) is 0 Å². The zero-order chi connectivity index (χ0) is 68.7. The molecule has 0 aromatic carbocycles. The van der Waals surface area contributed by atoms with Crippen molar-refractivity contribution in [1.82, 2.24) is 14.7 Å². The molecule has 0 bridgehead atoms. The summed E-state index contributed by atoms with van der Waals surface area (Å²) >= 11 is 0. The number of carboxylic acid groups (broad SMARTS) is 4. The molecule has 0 rings (SSSR count). The van der Waals surface area contributed by atoms with Crippen molar-refractivity contribution in [3.05, 3.63) is 0 Å². The van der Waals surface area contributed by atoms with E-state index in [-0.39, 0.29) is 78.6 Å². The summed E-state index contributed by atoms with van der Waals surface area (Å²) in [7, 11) is 0. The van der Waals surface area contributed by atoms with Crippen LogP contribution in [0.4, 0.5) is 0 Å². The van der Waals surface area contributed by atoms with E-state index in [1.165, 1.54) is 127 Å². The maximum Gasteiger partial charge on any atom is 0.322 e. The Balaban J connectivity index is 4.76. The van der Waals surface area contributed by atoms with Crippen molar-refractivity contribution in [2.45, 2.75) is 233 Å². The lowest BCUT2D eigenvalue weighted by molar-refractivity contribution is -0.179. The second kappa shape index (κ2) is 63.0. The fraction of sp³-hybridized carbons (Fsp3) is 0.868. The number of esters is 5. The van der Waals surface area contributed by atoms with Crippen LogP contribution in [0.15, 0.2) is 0 Å². The van der Waals surface area contributed by atoms with Gasteiger partial charge in [0.15, 0.2) is 5.41 Å². The van der Waals surface area contributed by atoms with E-state index in [9.17, 15) is 63.6 Å². The summed E-state index contributed by atoms with van der Waals surface area (Å²) in [5.74, 6) is -8.06. The number of carbonyl (C=O) groups excluding carboxylic acids is 5. The van der Waals surface area contributed by atoms with Crippen molar-refractivity contribution in [3.63, 3.8) is 0 Å². The average Bonchev–Trinajstić information content (AvgIpc) is 0.906. The highest BCUT2D eigenvalue weighted by molar-refractivity contribution is 5.80. The van der Waals surface area contributed by atoms with Gasteiger partial charge in [-0.3, -0.25) is 57.9 Å². The molecule has 25 nitrogen and oxygen atoms in total. The molecule has 0 aromatic heterocycles. The first-order chi connectivity index (χ1) is 44.9. The lowest BCUT2D eigenvalue weighted by Crippen LogP contribution is -2.47. The third kappa shape index (κ3) is 59.2. The SMILES string of the molecule is CCCCCCCCCCCCCCCC(=O)OCC(COC(C)=O)(COC(=O)CCCCCCCCCCCCCCC)C(=O)OCCCCCCCOCCOCCOCCOCCOC(=O)CN(CCN(CC(=O)O)CC(=O)O)CCN(CC(=O)O)CC(=O)O. The van der Waals surface area contributed by atoms with Gasteiger partial charge in [-0.1, -0.05) is 187 Å². The normalized spacial score (nSPS) is 11.5. The largest absolute Gasteiger partial charge is 0.480 e. The molecule has 0 saturated carbocycles. The first-order valence-electron chi connectivity index (χ1n) is 35.1. The molecule has 0 radical (unpaired) electrons. The molecule has 542 valence electrons. The highest BCUT2D eigenvalue weighted by Crippen LogP contribution is 2.25. The van der Waals surface area contributed by atoms with Gasteiger partial charge in [0.25, 0.3) is 0 Å². The Morgan fingerprint density at radius 1 is 0.290 bits per heavy atom. The summed E-state index contributed by atoms with van der Waals surface area (Å²) in [6.07, 6.45) is 34.7. The van der Waals surface area contributed by atoms with E-state index in [0.717, 1.165) is 74.0 Å². The van der Waals surface area contributed by atoms with Gasteiger partial charge in [0.1, 0.15) is 26.4 Å². The quantitative estimate of drug-likeness (QED) is 0.0250. The number of hydrogen-bond donors (Lipinski definition) is 4. The van der Waals surface area contributed by atoms with Gasteiger partial charge < -0.3 is 63.1 Å². The van der Waals surface area contributed by atoms with Gasteiger partial charge in [-0.05, 0) is 25.7 Å². The molecule has 0 heterocycles. The highest BCUT2D eigenvalue weighted by Gasteiger charge is 2.45. The van der Waals surface area contributed by atoms with Crippen LogP contribution in [0.3, 0.4) is 0 Å². The Bertz CT molecular complexity index is 1810. The maximum atomic E-state index is 13.9. The Hall–Kier alpha value is -5.05. The number of ether oxygens (including phenoxy) is 9. The number of nitrogens with zero attached hydrogens (tertiary/aromatic N) is 3. The summed E-state index contributed by atoms with van der Waals surface area (Å²) < 4.78 is 50.0. The maximum absolute atomic E-state index is 13.9. The topological polar surface area (TPSA) is 327 Å². The number of aliphatic carboxylic acids is 4. The molecule has 0 aromatic rings. The second-order valence-electron chi connectivity index (χ2n) is 24.2. The molecule has 0 fully saturated rings. The summed E-state index contributed by atoms with van der Waals surface area (Å²) in [6, 6.07) is 0. The third-order valence-electron chi connectivity index (χ3n) is 15.5. The molecule has 0 aliphatic heterocycles. The van der Waals surface area contributed by atoms with Crippen molar-refractivity contribution in [2.24, 2.45) is 5.41 Å². The summed E-state index contributed by atoms with van der Waals surface area (Å²) in [5, 5.41) is 36.7. The summed E-state index contributed by atoms with van der Waals surface area (Å²) in [4.78, 5) is 114. The number of carboxylic acids is 4. The van der Waals surface area contributed by atoms with E-state index < -0.39 is 105 Å². The van der Waals surface area contributed by atoms with Crippen molar-refractivity contribution >= 4 is 53.7 Å². The number of hydrogen-bond acceptors (Lipinski definition) is 21. The smallest absolute Gasteiger partial charge is 0.322 e. The Kier molecular flexibility index (Phi) is 59.6. The minimum absolute atomic E-state index is 0.000589. The van der Waals surface area contributed by atoms with Crippen LogP contribution in [-0.2, 0) is 85.8 Å².